The van der Waals surface area contributed by atoms with Crippen LogP contribution >= 0.6 is 11.6 Å². The molecule has 0 saturated carbocycles. The molecule has 1 fully saturated rings. The molecule has 3 aromatic rings. The number of carbonyl (C=O) groups excluding carboxylic acids is 4. The molecule has 0 spiro atoms. The van der Waals surface area contributed by atoms with Gasteiger partial charge in [0.25, 0.3) is 17.6 Å². The lowest BCUT2D eigenvalue weighted by Crippen LogP contribution is -2.52. The van der Waals surface area contributed by atoms with E-state index in [0.717, 1.165) is 0 Å². The van der Waals surface area contributed by atoms with Crippen LogP contribution in [0.25, 0.3) is 10.9 Å². The number of amides is 2. The highest BCUT2D eigenvalue weighted by Gasteiger charge is 2.30. The summed E-state index contributed by atoms with van der Waals surface area (Å²) < 4.78 is 4.97. The van der Waals surface area contributed by atoms with Crippen molar-refractivity contribution in [2.75, 3.05) is 26.2 Å². The third-order valence-corrected chi connectivity index (χ3v) is 5.63. The number of hydrogen-bond acceptors (Lipinski definition) is 5. The largest absolute Gasteiger partial charge is 0.427 e. The molecule has 2 heterocycles. The number of aromatic amines is 1. The highest BCUT2D eigenvalue weighted by Crippen LogP contribution is 2.27. The molecular formula is C23H20ClN3O5. The Kier molecular flexibility index (Phi) is 5.96. The summed E-state index contributed by atoms with van der Waals surface area (Å²) in [6.07, 6.45) is 1.50. The van der Waals surface area contributed by atoms with Crippen LogP contribution < -0.4 is 4.74 Å². The number of Topliss-reactive ketones (excluding diaryl/α,β-unsaturated/α-hetero) is 1. The van der Waals surface area contributed by atoms with Gasteiger partial charge in [0.15, 0.2) is 0 Å². The summed E-state index contributed by atoms with van der Waals surface area (Å²) in [6, 6.07) is 11.5. The van der Waals surface area contributed by atoms with Crippen LogP contribution in [-0.4, -0.2) is 64.5 Å². The summed E-state index contributed by atoms with van der Waals surface area (Å²) >= 11 is 6.22. The first-order valence-corrected chi connectivity index (χ1v) is 10.4. The highest BCUT2D eigenvalue weighted by molar-refractivity contribution is 6.47. The maximum absolute atomic E-state index is 12.8. The molecule has 8 nitrogen and oxygen atoms in total. The van der Waals surface area contributed by atoms with Crippen LogP contribution in [0.5, 0.6) is 5.75 Å². The maximum atomic E-state index is 12.8. The Labute approximate surface area is 188 Å². The number of ether oxygens (including phenoxy) is 1. The number of hydrogen-bond donors (Lipinski definition) is 1. The van der Waals surface area contributed by atoms with E-state index in [2.05, 4.69) is 4.98 Å². The van der Waals surface area contributed by atoms with Crippen molar-refractivity contribution in [2.24, 2.45) is 0 Å². The molecule has 1 aromatic heterocycles. The average molecular weight is 454 g/mol. The van der Waals surface area contributed by atoms with E-state index in [1.807, 2.05) is 0 Å². The van der Waals surface area contributed by atoms with Gasteiger partial charge in [0.2, 0.25) is 0 Å². The predicted molar refractivity (Wildman–Crippen MR) is 118 cm³/mol. The number of aromatic nitrogens is 1. The molecule has 32 heavy (non-hydrogen) atoms. The van der Waals surface area contributed by atoms with Crippen LogP contribution in [0.2, 0.25) is 5.02 Å². The molecule has 0 bridgehead atoms. The lowest BCUT2D eigenvalue weighted by atomic mass is 10.1. The number of esters is 1. The molecule has 1 N–H and O–H groups in total. The van der Waals surface area contributed by atoms with Crippen molar-refractivity contribution < 1.29 is 23.9 Å². The summed E-state index contributed by atoms with van der Waals surface area (Å²) in [5.74, 6) is -1.52. The second-order valence-electron chi connectivity index (χ2n) is 7.40. The number of H-pyrrole nitrogens is 1. The lowest BCUT2D eigenvalue weighted by molar-refractivity contribution is -0.132. The summed E-state index contributed by atoms with van der Waals surface area (Å²) in [5, 5.41) is 0.925. The van der Waals surface area contributed by atoms with Gasteiger partial charge in [-0.1, -0.05) is 17.7 Å². The number of ketones is 1. The van der Waals surface area contributed by atoms with E-state index in [-0.39, 0.29) is 24.6 Å². The molecule has 2 amide bonds. The molecule has 0 radical (unpaired) electrons. The van der Waals surface area contributed by atoms with E-state index in [0.29, 0.717) is 40.3 Å². The topological polar surface area (TPSA) is 99.8 Å². The fourth-order valence-corrected chi connectivity index (χ4v) is 3.98. The van der Waals surface area contributed by atoms with E-state index >= 15 is 0 Å². The number of rotatable bonds is 4. The standard InChI is InChI=1S/C23H20ClN3O5/c1-14(28)32-16-7-5-15(6-8-16)22(30)26-9-11-27(12-10-26)23(31)21(29)17-13-25-19-4-2-3-18(24)20(17)19/h2-8,13,25H,9-12H2,1H3. The number of carbonyl (C=O) groups is 4. The van der Waals surface area contributed by atoms with Gasteiger partial charge >= 0.3 is 5.97 Å². The normalized spacial score (nSPS) is 13.8. The van der Waals surface area contributed by atoms with Crippen LogP contribution in [0.4, 0.5) is 0 Å². The Balaban J connectivity index is 1.39. The number of piperazine rings is 1. The first-order chi connectivity index (χ1) is 15.3. The van der Waals surface area contributed by atoms with Gasteiger partial charge in [-0.2, -0.15) is 0 Å². The first kappa shape index (κ1) is 21.6. The quantitative estimate of drug-likeness (QED) is 0.283. The fourth-order valence-electron chi connectivity index (χ4n) is 3.70. The van der Waals surface area contributed by atoms with Gasteiger partial charge in [0, 0.05) is 55.8 Å². The smallest absolute Gasteiger partial charge is 0.308 e. The molecule has 1 aliphatic heterocycles. The minimum atomic E-state index is -0.634. The number of benzene rings is 2. The number of fused-ring (bicyclic) bond motifs is 1. The minimum absolute atomic E-state index is 0.193. The Morgan fingerprint density at radius 2 is 1.59 bits per heavy atom. The van der Waals surface area contributed by atoms with Crippen molar-refractivity contribution in [1.82, 2.24) is 14.8 Å². The van der Waals surface area contributed by atoms with Crippen molar-refractivity contribution in [3.63, 3.8) is 0 Å². The van der Waals surface area contributed by atoms with E-state index in [9.17, 15) is 19.2 Å². The molecule has 4 rings (SSSR count). The summed E-state index contributed by atoms with van der Waals surface area (Å²) in [7, 11) is 0. The lowest BCUT2D eigenvalue weighted by Gasteiger charge is -2.34. The van der Waals surface area contributed by atoms with Gasteiger partial charge in [-0.25, -0.2) is 0 Å². The third kappa shape index (κ3) is 4.22. The van der Waals surface area contributed by atoms with Crippen LogP contribution in [0.3, 0.4) is 0 Å². The molecule has 1 aliphatic rings. The second kappa shape index (κ2) is 8.84. The van der Waals surface area contributed by atoms with Gasteiger partial charge in [0.1, 0.15) is 5.75 Å². The van der Waals surface area contributed by atoms with Gasteiger partial charge in [0.05, 0.1) is 10.6 Å². The zero-order valence-corrected chi connectivity index (χ0v) is 18.0. The van der Waals surface area contributed by atoms with Gasteiger partial charge in [-0.15, -0.1) is 0 Å². The number of nitrogens with zero attached hydrogens (tertiary/aromatic N) is 2. The maximum Gasteiger partial charge on any atom is 0.308 e. The van der Waals surface area contributed by atoms with Crippen LogP contribution in [-0.2, 0) is 9.59 Å². The van der Waals surface area contributed by atoms with Crippen LogP contribution in [0.1, 0.15) is 27.6 Å². The number of nitrogens with one attached hydrogen (secondary N) is 1. The van der Waals surface area contributed by atoms with Crippen LogP contribution in [0, 0.1) is 0 Å². The van der Waals surface area contributed by atoms with Gasteiger partial charge in [-0.3, -0.25) is 19.2 Å². The third-order valence-electron chi connectivity index (χ3n) is 5.31. The molecule has 0 atom stereocenters. The molecule has 0 aliphatic carbocycles. The van der Waals surface area contributed by atoms with Gasteiger partial charge in [-0.05, 0) is 36.4 Å². The summed E-state index contributed by atoms with van der Waals surface area (Å²) in [4.78, 5) is 55.4. The molecule has 9 heteroatoms. The molecule has 0 unspecified atom stereocenters. The SMILES string of the molecule is CC(=O)Oc1ccc(C(=O)N2CCN(C(=O)C(=O)c3c[nH]c4cccc(Cl)c34)CC2)cc1. The minimum Gasteiger partial charge on any atom is -0.427 e. The molecule has 164 valence electrons. The Morgan fingerprint density at radius 3 is 2.25 bits per heavy atom. The number of halogens is 1. The second-order valence-corrected chi connectivity index (χ2v) is 7.80. The van der Waals surface area contributed by atoms with E-state index in [1.165, 1.54) is 18.0 Å². The van der Waals surface area contributed by atoms with Crippen molar-refractivity contribution in [3.8, 4) is 5.75 Å². The van der Waals surface area contributed by atoms with Crippen molar-refractivity contribution in [3.05, 3.63) is 64.8 Å². The van der Waals surface area contributed by atoms with E-state index < -0.39 is 17.7 Å². The van der Waals surface area contributed by atoms with E-state index in [4.69, 9.17) is 16.3 Å². The highest BCUT2D eigenvalue weighted by atomic mass is 35.5. The molecule has 1 saturated heterocycles. The Hall–Kier alpha value is -3.65. The van der Waals surface area contributed by atoms with Crippen molar-refractivity contribution >= 4 is 46.1 Å². The van der Waals surface area contributed by atoms with Crippen LogP contribution in [0.15, 0.2) is 48.7 Å². The Morgan fingerprint density at radius 1 is 0.938 bits per heavy atom. The van der Waals surface area contributed by atoms with Crippen molar-refractivity contribution in [2.45, 2.75) is 6.92 Å². The van der Waals surface area contributed by atoms with E-state index in [1.54, 1.807) is 47.4 Å². The van der Waals surface area contributed by atoms with Gasteiger partial charge < -0.3 is 19.5 Å². The fraction of sp³-hybridized carbons (Fsp3) is 0.217. The first-order valence-electron chi connectivity index (χ1n) is 10.0. The summed E-state index contributed by atoms with van der Waals surface area (Å²) in [5.41, 5.74) is 1.37. The summed E-state index contributed by atoms with van der Waals surface area (Å²) in [6.45, 7) is 2.41. The average Bonchev–Trinajstić information content (AvgIpc) is 3.23. The predicted octanol–water partition coefficient (Wildman–Crippen LogP) is 2.91. The monoisotopic (exact) mass is 453 g/mol. The zero-order valence-electron chi connectivity index (χ0n) is 17.3. The van der Waals surface area contributed by atoms with Crippen molar-refractivity contribution in [1.29, 1.82) is 0 Å². The Bertz CT molecular complexity index is 1210. The molecular weight excluding hydrogens is 434 g/mol. The zero-order chi connectivity index (χ0) is 22.8. The molecule has 2 aromatic carbocycles.